The van der Waals surface area contributed by atoms with Crippen molar-refractivity contribution in [2.45, 2.75) is 258 Å². The number of ketones is 9. The number of carbonyl (C=O) groups is 9. The molecule has 0 rings (SSSR count). The van der Waals surface area contributed by atoms with Gasteiger partial charge >= 0.3 is 61.5 Å². The van der Waals surface area contributed by atoms with Crippen LogP contribution in [0.5, 0.6) is 0 Å². The highest BCUT2D eigenvalue weighted by molar-refractivity contribution is 5.89. The molecule has 0 aliphatic carbocycles. The number of Topliss-reactive ketones (excluding diaryl/α,β-unsaturated/α-hetero) is 9. The van der Waals surface area contributed by atoms with E-state index in [0.717, 1.165) is 55.4 Å². The van der Waals surface area contributed by atoms with Gasteiger partial charge in [0.05, 0.1) is 12.8 Å². The van der Waals surface area contributed by atoms with E-state index in [1.165, 1.54) is 41.5 Å². The molecule has 0 aromatic heterocycles. The molecule has 0 unspecified atom stereocenters. The summed E-state index contributed by atoms with van der Waals surface area (Å²) in [5, 5.41) is 0. The first-order valence-electron chi connectivity index (χ1n) is 29.5. The molecule has 9 nitrogen and oxygen atoms in total. The SMILES string of the molecule is CC(C)C(=O)C(C(F)(F)F)C(F)(F)F.CC(C)C(=O)C(C)(C(F)(F)F)C(F)(F)F.CC(C)C(=O)C(C)(C)C(F)(F)F.CC(C)C(=O)C(F)(F)C(F)(F)F.CC(C)C(=O)C(F)(F)F.CC(C)C(=O)CC(F)(F)F.CC(C)C(=O)CC(F)F.CC(C)C(=O)CCC(F)(F)F.CC(C)C(=O)CCC(F)F. The largest absolute Gasteiger partial charge is 0.461 e. The van der Waals surface area contributed by atoms with Gasteiger partial charge in [0.2, 0.25) is 35.8 Å². The van der Waals surface area contributed by atoms with Gasteiger partial charge in [0.25, 0.3) is 0 Å². The Labute approximate surface area is 567 Å². The Morgan fingerprint density at radius 3 is 0.706 bits per heavy atom. The average Bonchev–Trinajstić information content (AvgIpc) is 0.755. The van der Waals surface area contributed by atoms with E-state index in [-0.39, 0.29) is 61.3 Å². The topological polar surface area (TPSA) is 154 Å². The molecule has 0 amide bonds. The quantitative estimate of drug-likeness (QED) is 0.102. The smallest absolute Gasteiger partial charge is 0.299 e. The lowest BCUT2D eigenvalue weighted by Gasteiger charge is -2.33. The van der Waals surface area contributed by atoms with Gasteiger partial charge in [-0.15, -0.1) is 0 Å². The van der Waals surface area contributed by atoms with Crippen LogP contribution in [-0.2, 0) is 43.2 Å². The predicted octanol–water partition coefficient (Wildman–Crippen LogP) is 22.1. The molecule has 0 aliphatic heterocycles. The molecule has 0 N–H and O–H groups in total. The van der Waals surface area contributed by atoms with Crippen LogP contribution in [-0.4, -0.2) is 126 Å². The number of hydrogen-bond acceptors (Lipinski definition) is 9. The lowest BCUT2D eigenvalue weighted by molar-refractivity contribution is -0.319. The summed E-state index contributed by atoms with van der Waals surface area (Å²) in [5.41, 5.74) is -6.50. The lowest BCUT2D eigenvalue weighted by atomic mass is 9.79. The third-order valence-electron chi connectivity index (χ3n) is 12.1. The second kappa shape index (κ2) is 46.6. The first-order valence-corrected chi connectivity index (χ1v) is 29.5. The fourth-order valence-electron chi connectivity index (χ4n) is 5.43. The van der Waals surface area contributed by atoms with Crippen LogP contribution in [0.15, 0.2) is 0 Å². The van der Waals surface area contributed by atoms with Crippen LogP contribution < -0.4 is 0 Å². The second-order valence-corrected chi connectivity index (χ2v) is 24.9. The molecule has 0 bridgehead atoms. The van der Waals surface area contributed by atoms with Crippen LogP contribution >= 0.6 is 0 Å². The molecule has 42 heteroatoms. The maximum absolute atomic E-state index is 12.3. The molecular formula is C60H87F33O9. The molecule has 0 aromatic carbocycles. The number of rotatable bonds is 21. The molecule has 0 heterocycles. The minimum atomic E-state index is -5.78. The van der Waals surface area contributed by atoms with Gasteiger partial charge in [-0.25, -0.2) is 17.6 Å². The van der Waals surface area contributed by atoms with Crippen LogP contribution in [0.1, 0.15) is 184 Å². The van der Waals surface area contributed by atoms with Gasteiger partial charge in [0.15, 0.2) is 11.6 Å². The van der Waals surface area contributed by atoms with Crippen molar-refractivity contribution in [3.63, 3.8) is 0 Å². The maximum Gasteiger partial charge on any atom is 0.461 e. The summed E-state index contributed by atoms with van der Waals surface area (Å²) in [6.07, 6.45) is -54.2. The molecule has 0 spiro atoms. The monoisotopic (exact) mass is 1580 g/mol. The summed E-state index contributed by atoms with van der Waals surface area (Å²) in [5.74, 6) is -25.6. The molecule has 612 valence electrons. The summed E-state index contributed by atoms with van der Waals surface area (Å²) in [4.78, 5) is 95.5. The van der Waals surface area contributed by atoms with Gasteiger partial charge in [-0.2, -0.15) is 127 Å². The van der Waals surface area contributed by atoms with Crippen LogP contribution in [0.2, 0.25) is 0 Å². The highest BCUT2D eigenvalue weighted by atomic mass is 19.5. The van der Waals surface area contributed by atoms with Crippen LogP contribution in [0.4, 0.5) is 145 Å². The standard InChI is InChI=1S/C8H10F6O.C8H13F3O.C7H8F6O.C7H11F3O.C7H12F2O.C6H7F5O.C6H9F3O.C6H10F2O.C5H7F3O/c1-4(2)5(15)6(3,7(9,10)11)8(12,13)14;1-5(2)6(12)7(3,4)8(9,10)11;1-3(2)4(14)5(6(8,9)10)7(11,12)13;1-5(2)6(11)3-4-7(8,9)10;1-5(2)6(10)3-4-7(8)9;1-3(2)4(12)5(7,8)6(9,10)11;1-4(2)5(10)3-6(7,8)9;1-4(2)5(9)3-6(7)8;1-3(2)4(9)5(6,7)8/h4H,1-3H3;5H,1-4H3;3,5H,1-2H3;5H,3-4H2,1-2H3;5,7H,3-4H2,1-2H3;3H,1-2H3;4H,3H2,1-2H3;4,6H,3H2,1-2H3;3H,1-2H3. The fourth-order valence-corrected chi connectivity index (χ4v) is 5.43. The van der Waals surface area contributed by atoms with Gasteiger partial charge in [0.1, 0.15) is 40.8 Å². The Bertz CT molecular complexity index is 2390. The van der Waals surface area contributed by atoms with Gasteiger partial charge < -0.3 is 0 Å². The Balaban J connectivity index is -0.000000137. The number of alkyl halides is 33. The third kappa shape index (κ3) is 51.8. The molecule has 0 radical (unpaired) electrons. The van der Waals surface area contributed by atoms with Crippen molar-refractivity contribution in [3.8, 4) is 0 Å². The first kappa shape index (κ1) is 115. The number of halogens is 33. The van der Waals surface area contributed by atoms with Gasteiger partial charge in [0, 0.05) is 72.5 Å². The minimum Gasteiger partial charge on any atom is -0.299 e. The van der Waals surface area contributed by atoms with E-state index >= 15 is 0 Å². The molecule has 0 atom stereocenters. The average molecular weight is 1580 g/mol. The Kier molecular flexibility index (Phi) is 52.6. The first-order chi connectivity index (χ1) is 44.1. The normalized spacial score (nSPS) is 12.9. The summed E-state index contributed by atoms with van der Waals surface area (Å²) in [6.45, 7) is 25.8. The molecular weight excluding hydrogens is 1490 g/mol. The minimum absolute atomic E-state index is 0.00926. The van der Waals surface area contributed by atoms with Crippen molar-refractivity contribution in [2.75, 3.05) is 0 Å². The molecule has 0 aliphatic rings. The van der Waals surface area contributed by atoms with Crippen molar-refractivity contribution in [3.05, 3.63) is 0 Å². The van der Waals surface area contributed by atoms with Crippen molar-refractivity contribution >= 4 is 52.0 Å². The van der Waals surface area contributed by atoms with Gasteiger partial charge in [-0.3, -0.25) is 43.2 Å². The molecule has 0 aromatic rings. The Morgan fingerprint density at radius 2 is 0.588 bits per heavy atom. The highest BCUT2D eigenvalue weighted by Gasteiger charge is 2.72. The van der Waals surface area contributed by atoms with E-state index in [2.05, 4.69) is 0 Å². The van der Waals surface area contributed by atoms with E-state index in [1.807, 2.05) is 0 Å². The van der Waals surface area contributed by atoms with E-state index in [0.29, 0.717) is 0 Å². The second-order valence-electron chi connectivity index (χ2n) is 24.9. The summed E-state index contributed by atoms with van der Waals surface area (Å²) >= 11 is 0. The van der Waals surface area contributed by atoms with Crippen LogP contribution in [0, 0.1) is 70.0 Å². The van der Waals surface area contributed by atoms with E-state index in [9.17, 15) is 188 Å². The van der Waals surface area contributed by atoms with Gasteiger partial charge in [-0.1, -0.05) is 125 Å². The maximum atomic E-state index is 12.3. The van der Waals surface area contributed by atoms with Crippen molar-refractivity contribution in [1.82, 2.24) is 0 Å². The zero-order valence-corrected chi connectivity index (χ0v) is 58.8. The van der Waals surface area contributed by atoms with Crippen LogP contribution in [0.3, 0.4) is 0 Å². The van der Waals surface area contributed by atoms with E-state index < -0.39 is 181 Å². The zero-order valence-electron chi connectivity index (χ0n) is 58.8. The summed E-state index contributed by atoms with van der Waals surface area (Å²) in [7, 11) is 0. The van der Waals surface area contributed by atoms with Crippen molar-refractivity contribution in [1.29, 1.82) is 0 Å². The lowest BCUT2D eigenvalue weighted by Crippen LogP contribution is -2.54. The van der Waals surface area contributed by atoms with E-state index in [1.54, 1.807) is 41.5 Å². The highest BCUT2D eigenvalue weighted by Crippen LogP contribution is 2.52. The third-order valence-corrected chi connectivity index (χ3v) is 12.1. The predicted molar refractivity (Wildman–Crippen MR) is 303 cm³/mol. The van der Waals surface area contributed by atoms with Crippen LogP contribution in [0.25, 0.3) is 0 Å². The Morgan fingerprint density at radius 1 is 0.294 bits per heavy atom. The van der Waals surface area contributed by atoms with Gasteiger partial charge in [-0.05, 0) is 20.8 Å². The fraction of sp³-hybridized carbons (Fsp3) is 0.850. The van der Waals surface area contributed by atoms with E-state index in [4.69, 9.17) is 0 Å². The molecule has 0 saturated carbocycles. The summed E-state index contributed by atoms with van der Waals surface area (Å²) in [6, 6.07) is 0. The molecule has 0 saturated heterocycles. The van der Waals surface area contributed by atoms with Crippen molar-refractivity contribution in [2.24, 2.45) is 70.0 Å². The van der Waals surface area contributed by atoms with Crippen molar-refractivity contribution < 1.29 is 188 Å². The zero-order chi connectivity index (χ0) is 85.4. The molecule has 0 fully saturated rings. The Hall–Kier alpha value is -5.28. The number of hydrogen-bond donors (Lipinski definition) is 0. The summed E-state index contributed by atoms with van der Waals surface area (Å²) < 4.78 is 389. The number of carbonyl (C=O) groups excluding carboxylic acids is 9. The molecule has 102 heavy (non-hydrogen) atoms.